The molecule has 1 aliphatic heterocycles. The molecule has 18 heavy (non-hydrogen) atoms. The van der Waals surface area contributed by atoms with Crippen molar-refractivity contribution < 1.29 is 9.68 Å². The third kappa shape index (κ3) is 3.66. The number of hydrogen-bond donors (Lipinski definition) is 0. The predicted molar refractivity (Wildman–Crippen MR) is 75.5 cm³/mol. The SMILES string of the molecule is CCc1ccc(C([O-])CC[N+]2=CC(C)CCC2)s1. The Morgan fingerprint density at radius 3 is 3.00 bits per heavy atom. The van der Waals surface area contributed by atoms with Crippen LogP contribution in [0.4, 0.5) is 0 Å². The summed E-state index contributed by atoms with van der Waals surface area (Å²) in [6, 6.07) is 4.11. The first kappa shape index (κ1) is 13.8. The summed E-state index contributed by atoms with van der Waals surface area (Å²) in [5, 5.41) is 12.2. The van der Waals surface area contributed by atoms with Crippen LogP contribution in [0.5, 0.6) is 0 Å². The van der Waals surface area contributed by atoms with Crippen LogP contribution >= 0.6 is 11.3 Å². The van der Waals surface area contributed by atoms with Gasteiger partial charge in [0, 0.05) is 17.2 Å². The molecule has 0 radical (unpaired) electrons. The predicted octanol–water partition coefficient (Wildman–Crippen LogP) is 2.62. The van der Waals surface area contributed by atoms with Crippen LogP contribution < -0.4 is 5.11 Å². The zero-order valence-electron chi connectivity index (χ0n) is 11.4. The van der Waals surface area contributed by atoms with Gasteiger partial charge < -0.3 is 5.11 Å². The number of aryl methyl sites for hydroxylation is 1. The molecule has 0 aliphatic carbocycles. The molecule has 0 bridgehead atoms. The highest BCUT2D eigenvalue weighted by Crippen LogP contribution is 2.24. The zero-order chi connectivity index (χ0) is 13.0. The lowest BCUT2D eigenvalue weighted by Gasteiger charge is -2.21. The molecule has 1 aromatic rings. The molecule has 2 rings (SSSR count). The van der Waals surface area contributed by atoms with Crippen molar-refractivity contribution in [3.05, 3.63) is 21.9 Å². The molecule has 2 unspecified atom stereocenters. The van der Waals surface area contributed by atoms with Gasteiger partial charge in [0.05, 0.1) is 0 Å². The van der Waals surface area contributed by atoms with Crippen molar-refractivity contribution in [2.24, 2.45) is 5.92 Å². The Hall–Kier alpha value is -0.670. The van der Waals surface area contributed by atoms with E-state index in [2.05, 4.69) is 30.7 Å². The fourth-order valence-electron chi connectivity index (χ4n) is 2.49. The van der Waals surface area contributed by atoms with Crippen LogP contribution in [0.1, 0.15) is 49.0 Å². The van der Waals surface area contributed by atoms with Crippen LogP contribution in [0.2, 0.25) is 0 Å². The highest BCUT2D eigenvalue weighted by atomic mass is 32.1. The van der Waals surface area contributed by atoms with Crippen molar-refractivity contribution in [1.29, 1.82) is 0 Å². The van der Waals surface area contributed by atoms with E-state index in [4.69, 9.17) is 0 Å². The molecule has 1 aromatic heterocycles. The van der Waals surface area contributed by atoms with Crippen LogP contribution in [0.15, 0.2) is 12.1 Å². The van der Waals surface area contributed by atoms with E-state index in [1.54, 1.807) is 11.3 Å². The van der Waals surface area contributed by atoms with E-state index in [-0.39, 0.29) is 0 Å². The molecule has 100 valence electrons. The minimum atomic E-state index is -0.541. The van der Waals surface area contributed by atoms with Crippen LogP contribution in [0.3, 0.4) is 0 Å². The van der Waals surface area contributed by atoms with Crippen molar-refractivity contribution in [1.82, 2.24) is 0 Å². The molecule has 0 amide bonds. The Labute approximate surface area is 114 Å². The molecule has 0 fully saturated rings. The first-order valence-corrected chi connectivity index (χ1v) is 7.84. The van der Waals surface area contributed by atoms with Crippen LogP contribution in [0.25, 0.3) is 0 Å². The van der Waals surface area contributed by atoms with Crippen molar-refractivity contribution in [2.75, 3.05) is 13.1 Å². The highest BCUT2D eigenvalue weighted by Gasteiger charge is 2.15. The maximum atomic E-state index is 12.2. The Balaban J connectivity index is 1.86. The van der Waals surface area contributed by atoms with Gasteiger partial charge >= 0.3 is 0 Å². The van der Waals surface area contributed by atoms with Crippen molar-refractivity contribution in [3.8, 4) is 0 Å². The van der Waals surface area contributed by atoms with Gasteiger partial charge in [0.25, 0.3) is 0 Å². The van der Waals surface area contributed by atoms with E-state index >= 15 is 0 Å². The number of nitrogens with zero attached hydrogens (tertiary/aromatic N) is 1. The lowest BCUT2D eigenvalue weighted by molar-refractivity contribution is -0.541. The second kappa shape index (κ2) is 6.48. The van der Waals surface area contributed by atoms with Gasteiger partial charge in [-0.15, -0.1) is 11.3 Å². The summed E-state index contributed by atoms with van der Waals surface area (Å²) in [4.78, 5) is 2.33. The average molecular weight is 265 g/mol. The van der Waals surface area contributed by atoms with Crippen LogP contribution in [-0.4, -0.2) is 23.9 Å². The maximum absolute atomic E-state index is 12.2. The van der Waals surface area contributed by atoms with Gasteiger partial charge in [0.1, 0.15) is 19.3 Å². The van der Waals surface area contributed by atoms with Gasteiger partial charge in [-0.1, -0.05) is 20.0 Å². The molecule has 2 nitrogen and oxygen atoms in total. The molecule has 2 heterocycles. The van der Waals surface area contributed by atoms with Crippen LogP contribution in [-0.2, 0) is 6.42 Å². The molecular formula is C15H23NOS. The number of hydrogen-bond acceptors (Lipinski definition) is 2. The largest absolute Gasteiger partial charge is 0.848 e. The fraction of sp³-hybridized carbons (Fsp3) is 0.667. The molecule has 0 aromatic carbocycles. The summed E-state index contributed by atoms with van der Waals surface area (Å²) >= 11 is 1.69. The van der Waals surface area contributed by atoms with E-state index in [1.807, 2.05) is 6.07 Å². The topological polar surface area (TPSA) is 26.1 Å². The van der Waals surface area contributed by atoms with Gasteiger partial charge in [-0.05, 0) is 36.3 Å². The average Bonchev–Trinajstić information content (AvgIpc) is 2.85. The van der Waals surface area contributed by atoms with E-state index in [1.165, 1.54) is 17.7 Å². The van der Waals surface area contributed by atoms with Gasteiger partial charge in [0.2, 0.25) is 0 Å². The smallest absolute Gasteiger partial charge is 0.142 e. The van der Waals surface area contributed by atoms with E-state index in [9.17, 15) is 5.11 Å². The monoisotopic (exact) mass is 265 g/mol. The summed E-state index contributed by atoms with van der Waals surface area (Å²) < 4.78 is 2.34. The molecule has 3 heteroatoms. The van der Waals surface area contributed by atoms with Gasteiger partial charge in [-0.2, -0.15) is 0 Å². The first-order valence-electron chi connectivity index (χ1n) is 7.02. The second-order valence-corrected chi connectivity index (χ2v) is 6.44. The zero-order valence-corrected chi connectivity index (χ0v) is 12.2. The van der Waals surface area contributed by atoms with Gasteiger partial charge in [0.15, 0.2) is 0 Å². The Morgan fingerprint density at radius 1 is 1.50 bits per heavy atom. The molecular weight excluding hydrogens is 242 g/mol. The maximum Gasteiger partial charge on any atom is 0.142 e. The normalized spacial score (nSPS) is 21.7. The summed E-state index contributed by atoms with van der Waals surface area (Å²) in [5.74, 6) is 0.678. The lowest BCUT2D eigenvalue weighted by atomic mass is 10.0. The molecule has 0 spiro atoms. The third-order valence-corrected chi connectivity index (χ3v) is 4.92. The minimum absolute atomic E-state index is 0.541. The summed E-state index contributed by atoms with van der Waals surface area (Å²) in [5.41, 5.74) is 0. The first-order chi connectivity index (χ1) is 8.69. The summed E-state index contributed by atoms with van der Waals surface area (Å²) in [6.45, 7) is 6.44. The molecule has 2 atom stereocenters. The Morgan fingerprint density at radius 2 is 2.33 bits per heavy atom. The van der Waals surface area contributed by atoms with Gasteiger partial charge in [-0.3, -0.25) is 0 Å². The van der Waals surface area contributed by atoms with E-state index in [0.29, 0.717) is 5.92 Å². The van der Waals surface area contributed by atoms with Gasteiger partial charge in [-0.25, -0.2) is 4.58 Å². The Kier molecular flexibility index (Phi) is 4.95. The standard InChI is InChI=1S/C15H23NOS/c1-3-13-6-7-15(18-13)14(17)8-10-16-9-4-5-12(2)11-16/h6-7,11-12,14H,3-5,8-10H2,1-2H3. The van der Waals surface area contributed by atoms with Crippen molar-refractivity contribution in [3.63, 3.8) is 0 Å². The second-order valence-electron chi connectivity index (χ2n) is 5.24. The molecule has 0 saturated heterocycles. The molecule has 0 N–H and O–H groups in total. The number of rotatable bonds is 5. The third-order valence-electron chi connectivity index (χ3n) is 3.60. The minimum Gasteiger partial charge on any atom is -0.848 e. The number of thiophene rings is 1. The highest BCUT2D eigenvalue weighted by molar-refractivity contribution is 7.12. The quantitative estimate of drug-likeness (QED) is 0.752. The van der Waals surface area contributed by atoms with E-state index in [0.717, 1.165) is 30.8 Å². The van der Waals surface area contributed by atoms with E-state index < -0.39 is 6.10 Å². The fourth-order valence-corrected chi connectivity index (χ4v) is 3.46. The molecule has 0 saturated carbocycles. The van der Waals surface area contributed by atoms with Crippen molar-refractivity contribution in [2.45, 2.75) is 45.6 Å². The van der Waals surface area contributed by atoms with Crippen molar-refractivity contribution >= 4 is 17.6 Å². The Bertz CT molecular complexity index is 410. The summed E-state index contributed by atoms with van der Waals surface area (Å²) in [7, 11) is 0. The molecule has 1 aliphatic rings. The lowest BCUT2D eigenvalue weighted by Crippen LogP contribution is -2.27. The summed E-state index contributed by atoms with van der Waals surface area (Å²) in [6.07, 6.45) is 6.09. The van der Waals surface area contributed by atoms with Crippen LogP contribution in [0, 0.1) is 5.92 Å².